The minimum absolute atomic E-state index is 0.0764. The zero-order valence-electron chi connectivity index (χ0n) is 11.8. The van der Waals surface area contributed by atoms with Gasteiger partial charge in [-0.2, -0.15) is 0 Å². The molecule has 1 heterocycles. The Labute approximate surface area is 114 Å². The van der Waals surface area contributed by atoms with Crippen LogP contribution in [0.25, 0.3) is 0 Å². The molecular weight excluding hydrogens is 242 g/mol. The van der Waals surface area contributed by atoms with Crippen LogP contribution in [0.4, 0.5) is 0 Å². The Bertz CT molecular complexity index is 459. The molecule has 1 atom stereocenters. The van der Waals surface area contributed by atoms with Crippen molar-refractivity contribution in [3.63, 3.8) is 0 Å². The highest BCUT2D eigenvalue weighted by molar-refractivity contribution is 5.95. The second-order valence-electron chi connectivity index (χ2n) is 5.07. The molecule has 0 N–H and O–H groups in total. The van der Waals surface area contributed by atoms with Gasteiger partial charge in [0.2, 0.25) is 0 Å². The van der Waals surface area contributed by atoms with E-state index in [0.29, 0.717) is 23.0 Å². The highest BCUT2D eigenvalue weighted by Crippen LogP contribution is 2.28. The molecule has 104 valence electrons. The van der Waals surface area contributed by atoms with Crippen molar-refractivity contribution < 1.29 is 14.3 Å². The summed E-state index contributed by atoms with van der Waals surface area (Å²) >= 11 is 0. The van der Waals surface area contributed by atoms with Crippen LogP contribution in [0.2, 0.25) is 0 Å². The molecule has 1 amide bonds. The maximum absolute atomic E-state index is 12.4. The van der Waals surface area contributed by atoms with Gasteiger partial charge >= 0.3 is 0 Å². The quantitative estimate of drug-likeness (QED) is 0.841. The van der Waals surface area contributed by atoms with Crippen LogP contribution in [0, 0.1) is 5.92 Å². The Morgan fingerprint density at radius 1 is 1.26 bits per heavy atom. The summed E-state index contributed by atoms with van der Waals surface area (Å²) in [7, 11) is 3.17. The number of methoxy groups -OCH3 is 2. The van der Waals surface area contributed by atoms with E-state index < -0.39 is 0 Å². The predicted octanol–water partition coefficient (Wildman–Crippen LogP) is 2.58. The van der Waals surface area contributed by atoms with Crippen molar-refractivity contribution in [1.29, 1.82) is 0 Å². The fourth-order valence-electron chi connectivity index (χ4n) is 2.53. The predicted molar refractivity (Wildman–Crippen MR) is 73.8 cm³/mol. The van der Waals surface area contributed by atoms with Crippen LogP contribution < -0.4 is 9.47 Å². The first-order valence-electron chi connectivity index (χ1n) is 6.67. The average Bonchev–Trinajstić information content (AvgIpc) is 2.45. The van der Waals surface area contributed by atoms with E-state index in [1.165, 1.54) is 6.42 Å². The summed E-state index contributed by atoms with van der Waals surface area (Å²) in [6.07, 6.45) is 2.29. The molecule has 1 aromatic carbocycles. The van der Waals surface area contributed by atoms with Gasteiger partial charge in [0, 0.05) is 18.7 Å². The second-order valence-corrected chi connectivity index (χ2v) is 5.07. The number of benzene rings is 1. The van der Waals surface area contributed by atoms with E-state index in [1.807, 2.05) is 4.90 Å². The number of piperidine rings is 1. The maximum Gasteiger partial charge on any atom is 0.254 e. The maximum atomic E-state index is 12.4. The minimum atomic E-state index is 0.0764. The molecule has 0 radical (unpaired) electrons. The van der Waals surface area contributed by atoms with Crippen molar-refractivity contribution in [3.05, 3.63) is 23.8 Å². The summed E-state index contributed by atoms with van der Waals surface area (Å²) in [5.41, 5.74) is 0.659. The zero-order chi connectivity index (χ0) is 13.8. The minimum Gasteiger partial charge on any atom is -0.493 e. The molecule has 2 rings (SSSR count). The third-order valence-corrected chi connectivity index (χ3v) is 3.57. The smallest absolute Gasteiger partial charge is 0.254 e. The van der Waals surface area contributed by atoms with Gasteiger partial charge in [0.1, 0.15) is 0 Å². The summed E-state index contributed by atoms with van der Waals surface area (Å²) in [5.74, 6) is 1.90. The molecule has 4 nitrogen and oxygen atoms in total. The highest BCUT2D eigenvalue weighted by Gasteiger charge is 2.22. The molecule has 19 heavy (non-hydrogen) atoms. The molecular formula is C15H21NO3. The molecule has 0 aromatic heterocycles. The van der Waals surface area contributed by atoms with E-state index in [2.05, 4.69) is 6.92 Å². The van der Waals surface area contributed by atoms with E-state index >= 15 is 0 Å². The molecule has 0 saturated carbocycles. The standard InChI is InChI=1S/C15H21NO3/c1-11-5-4-8-16(10-11)15(17)12-6-7-13(18-2)14(9-12)19-3/h6-7,9,11H,4-5,8,10H2,1-3H3. The number of amides is 1. The first kappa shape index (κ1) is 13.7. The third kappa shape index (κ3) is 3.00. The highest BCUT2D eigenvalue weighted by atomic mass is 16.5. The molecule has 1 saturated heterocycles. The van der Waals surface area contributed by atoms with E-state index in [1.54, 1.807) is 32.4 Å². The first-order valence-corrected chi connectivity index (χ1v) is 6.67. The molecule has 0 aliphatic carbocycles. The molecule has 1 aliphatic rings. The van der Waals surface area contributed by atoms with Crippen molar-refractivity contribution in [1.82, 2.24) is 4.90 Å². The molecule has 1 aromatic rings. The Morgan fingerprint density at radius 2 is 2.00 bits per heavy atom. The Kier molecular flexibility index (Phi) is 4.30. The van der Waals surface area contributed by atoms with Crippen LogP contribution in [-0.2, 0) is 0 Å². The summed E-state index contributed by atoms with van der Waals surface area (Å²) in [6.45, 7) is 3.87. The number of likely N-dealkylation sites (tertiary alicyclic amines) is 1. The van der Waals surface area contributed by atoms with Crippen LogP contribution in [0.3, 0.4) is 0 Å². The van der Waals surface area contributed by atoms with E-state index in [0.717, 1.165) is 19.5 Å². The second kappa shape index (κ2) is 5.95. The van der Waals surface area contributed by atoms with Gasteiger partial charge in [-0.15, -0.1) is 0 Å². The van der Waals surface area contributed by atoms with Crippen molar-refractivity contribution in [3.8, 4) is 11.5 Å². The van der Waals surface area contributed by atoms with Crippen molar-refractivity contribution in [2.75, 3.05) is 27.3 Å². The van der Waals surface area contributed by atoms with Gasteiger partial charge in [0.05, 0.1) is 14.2 Å². The van der Waals surface area contributed by atoms with Gasteiger partial charge in [-0.05, 0) is 37.0 Å². The topological polar surface area (TPSA) is 38.8 Å². The van der Waals surface area contributed by atoms with Crippen molar-refractivity contribution in [2.24, 2.45) is 5.92 Å². The number of ether oxygens (including phenoxy) is 2. The third-order valence-electron chi connectivity index (χ3n) is 3.57. The van der Waals surface area contributed by atoms with Crippen molar-refractivity contribution >= 4 is 5.91 Å². The van der Waals surface area contributed by atoms with Crippen molar-refractivity contribution in [2.45, 2.75) is 19.8 Å². The van der Waals surface area contributed by atoms with Gasteiger partial charge in [0.15, 0.2) is 11.5 Å². The molecule has 1 fully saturated rings. The Morgan fingerprint density at radius 3 is 2.63 bits per heavy atom. The Balaban J connectivity index is 2.19. The summed E-state index contributed by atoms with van der Waals surface area (Å²) in [4.78, 5) is 14.4. The van der Waals surface area contributed by atoms with Gasteiger partial charge in [-0.1, -0.05) is 6.92 Å². The number of nitrogens with zero attached hydrogens (tertiary/aromatic N) is 1. The summed E-state index contributed by atoms with van der Waals surface area (Å²) in [5, 5.41) is 0. The van der Waals surface area contributed by atoms with Crippen LogP contribution in [0.5, 0.6) is 11.5 Å². The largest absolute Gasteiger partial charge is 0.493 e. The van der Waals surface area contributed by atoms with Crippen LogP contribution in [-0.4, -0.2) is 38.1 Å². The van der Waals surface area contributed by atoms with Crippen LogP contribution >= 0.6 is 0 Å². The lowest BCUT2D eigenvalue weighted by Crippen LogP contribution is -2.39. The van der Waals surface area contributed by atoms with Gasteiger partial charge in [-0.25, -0.2) is 0 Å². The monoisotopic (exact) mass is 263 g/mol. The number of carbonyl (C=O) groups is 1. The van der Waals surface area contributed by atoms with Gasteiger partial charge in [-0.3, -0.25) is 4.79 Å². The van der Waals surface area contributed by atoms with Gasteiger partial charge in [0.25, 0.3) is 5.91 Å². The lowest BCUT2D eigenvalue weighted by atomic mass is 9.99. The number of hydrogen-bond donors (Lipinski definition) is 0. The fraction of sp³-hybridized carbons (Fsp3) is 0.533. The SMILES string of the molecule is COc1ccc(C(=O)N2CCCC(C)C2)cc1OC. The van der Waals surface area contributed by atoms with Crippen LogP contribution in [0.1, 0.15) is 30.1 Å². The van der Waals surface area contributed by atoms with E-state index in [4.69, 9.17) is 9.47 Å². The van der Waals surface area contributed by atoms with Crippen LogP contribution in [0.15, 0.2) is 18.2 Å². The number of carbonyl (C=O) groups excluding carboxylic acids is 1. The molecule has 1 unspecified atom stereocenters. The van der Waals surface area contributed by atoms with Gasteiger partial charge < -0.3 is 14.4 Å². The molecule has 0 spiro atoms. The fourth-order valence-corrected chi connectivity index (χ4v) is 2.53. The summed E-state index contributed by atoms with van der Waals surface area (Å²) in [6, 6.07) is 5.32. The van der Waals surface area contributed by atoms with E-state index in [9.17, 15) is 4.79 Å². The summed E-state index contributed by atoms with van der Waals surface area (Å²) < 4.78 is 10.4. The average molecular weight is 263 g/mol. The molecule has 4 heteroatoms. The van der Waals surface area contributed by atoms with E-state index in [-0.39, 0.29) is 5.91 Å². The lowest BCUT2D eigenvalue weighted by molar-refractivity contribution is 0.0682. The normalized spacial score (nSPS) is 19.1. The number of rotatable bonds is 3. The Hall–Kier alpha value is -1.71. The molecule has 0 bridgehead atoms. The zero-order valence-corrected chi connectivity index (χ0v) is 11.8. The number of hydrogen-bond acceptors (Lipinski definition) is 3. The first-order chi connectivity index (χ1) is 9.15. The molecule has 1 aliphatic heterocycles. The lowest BCUT2D eigenvalue weighted by Gasteiger charge is -2.31.